The Balaban J connectivity index is 3.97. The third-order valence-electron chi connectivity index (χ3n) is 7.63. The molecule has 0 aliphatic heterocycles. The first-order valence-corrected chi connectivity index (χ1v) is 18.9. The number of rotatable bonds is 32. The molecule has 8 nitrogen and oxygen atoms in total. The molecule has 9 heteroatoms. The lowest BCUT2D eigenvalue weighted by Crippen LogP contribution is -2.29. The van der Waals surface area contributed by atoms with Crippen LogP contribution in [-0.2, 0) is 28.2 Å². The fraction of sp³-hybridized carbons (Fsp3) is 0.939. The van der Waals surface area contributed by atoms with E-state index < -0.39 is 32.5 Å². The van der Waals surface area contributed by atoms with Gasteiger partial charge in [0.15, 0.2) is 6.10 Å². The summed E-state index contributed by atoms with van der Waals surface area (Å²) in [7, 11) is -4.73. The van der Waals surface area contributed by atoms with Crippen LogP contribution in [-0.4, -0.2) is 41.0 Å². The maximum atomic E-state index is 12.3. The molecular weight excluding hydrogens is 555 g/mol. The molecule has 0 saturated carbocycles. The number of unbranched alkanes of at least 4 members (excludes halogenated alkanes) is 22. The van der Waals surface area contributed by atoms with Crippen LogP contribution < -0.4 is 0 Å². The minimum absolute atomic E-state index is 0.219. The molecule has 0 amide bonds. The van der Waals surface area contributed by atoms with Gasteiger partial charge < -0.3 is 19.3 Å². The standard InChI is InChI=1S/C33H65O8P/c1-3-5-7-9-11-13-15-17-19-21-23-25-27-32(34)39-29-31(30-40-42(36,37)38)41-33(35)28-26-24-22-20-18-16-14-12-10-8-6-4-2/h31H,3-30H2,1-2H3,(H2,36,37,38). The number of phosphoric acid groups is 1. The van der Waals surface area contributed by atoms with Crippen LogP contribution in [0.25, 0.3) is 0 Å². The predicted octanol–water partition coefficient (Wildman–Crippen LogP) is 9.73. The second-order valence-corrected chi connectivity index (χ2v) is 13.1. The van der Waals surface area contributed by atoms with Crippen molar-refractivity contribution in [3.63, 3.8) is 0 Å². The van der Waals surface area contributed by atoms with Gasteiger partial charge in [-0.2, -0.15) is 0 Å². The Hall–Kier alpha value is -0.950. The van der Waals surface area contributed by atoms with Gasteiger partial charge in [-0.1, -0.05) is 155 Å². The minimum Gasteiger partial charge on any atom is -0.462 e. The number of carbonyl (C=O) groups excluding carboxylic acids is 2. The summed E-state index contributed by atoms with van der Waals surface area (Å²) in [4.78, 5) is 42.5. The zero-order valence-electron chi connectivity index (χ0n) is 27.2. The maximum absolute atomic E-state index is 12.3. The van der Waals surface area contributed by atoms with Crippen molar-refractivity contribution in [3.05, 3.63) is 0 Å². The number of esters is 2. The number of phosphoric ester groups is 1. The molecule has 0 aliphatic rings. The summed E-state index contributed by atoms with van der Waals surface area (Å²) < 4.78 is 26.2. The zero-order chi connectivity index (χ0) is 31.2. The first-order valence-electron chi connectivity index (χ1n) is 17.3. The fourth-order valence-corrected chi connectivity index (χ4v) is 5.38. The van der Waals surface area contributed by atoms with E-state index in [0.29, 0.717) is 6.42 Å². The molecule has 0 aromatic heterocycles. The summed E-state index contributed by atoms with van der Waals surface area (Å²) in [5, 5.41) is 0. The maximum Gasteiger partial charge on any atom is 0.469 e. The first-order chi connectivity index (χ1) is 20.3. The van der Waals surface area contributed by atoms with Crippen molar-refractivity contribution in [3.8, 4) is 0 Å². The van der Waals surface area contributed by atoms with Crippen LogP contribution in [0.15, 0.2) is 0 Å². The van der Waals surface area contributed by atoms with Crippen molar-refractivity contribution in [2.75, 3.05) is 13.2 Å². The Morgan fingerprint density at radius 1 is 0.524 bits per heavy atom. The highest BCUT2D eigenvalue weighted by Crippen LogP contribution is 2.36. The van der Waals surface area contributed by atoms with Gasteiger partial charge in [-0.3, -0.25) is 14.1 Å². The normalized spacial score (nSPS) is 12.4. The van der Waals surface area contributed by atoms with E-state index in [1.165, 1.54) is 109 Å². The molecule has 0 aliphatic carbocycles. The van der Waals surface area contributed by atoms with Gasteiger partial charge in [-0.15, -0.1) is 0 Å². The monoisotopic (exact) mass is 620 g/mol. The van der Waals surface area contributed by atoms with Gasteiger partial charge in [0.05, 0.1) is 6.61 Å². The molecule has 0 heterocycles. The van der Waals surface area contributed by atoms with E-state index in [4.69, 9.17) is 19.3 Å². The van der Waals surface area contributed by atoms with Gasteiger partial charge >= 0.3 is 19.8 Å². The van der Waals surface area contributed by atoms with Gasteiger partial charge in [0.2, 0.25) is 0 Å². The van der Waals surface area contributed by atoms with Crippen LogP contribution in [0.3, 0.4) is 0 Å². The average molecular weight is 621 g/mol. The molecule has 0 aromatic rings. The molecule has 42 heavy (non-hydrogen) atoms. The SMILES string of the molecule is CCCCCCCCCCCCCCC(=O)OCC(COP(=O)(O)O)OC(=O)CCCCCCCCCCCCCC. The topological polar surface area (TPSA) is 119 Å². The quantitative estimate of drug-likeness (QED) is 0.0433. The second kappa shape index (κ2) is 30.1. The molecule has 250 valence electrons. The molecule has 0 rings (SSSR count). The largest absolute Gasteiger partial charge is 0.469 e. The molecule has 0 aromatic carbocycles. The number of hydrogen-bond donors (Lipinski definition) is 2. The highest BCUT2D eigenvalue weighted by Gasteiger charge is 2.22. The lowest BCUT2D eigenvalue weighted by molar-refractivity contribution is -0.161. The van der Waals surface area contributed by atoms with E-state index >= 15 is 0 Å². The van der Waals surface area contributed by atoms with E-state index in [-0.39, 0.29) is 19.4 Å². The predicted molar refractivity (Wildman–Crippen MR) is 170 cm³/mol. The molecular formula is C33H65O8P. The lowest BCUT2D eigenvalue weighted by atomic mass is 10.0. The molecule has 1 unspecified atom stereocenters. The molecule has 0 spiro atoms. The highest BCUT2D eigenvalue weighted by molar-refractivity contribution is 7.46. The summed E-state index contributed by atoms with van der Waals surface area (Å²) in [5.74, 6) is -0.876. The summed E-state index contributed by atoms with van der Waals surface area (Å²) >= 11 is 0. The Morgan fingerprint density at radius 2 is 0.857 bits per heavy atom. The van der Waals surface area contributed by atoms with Crippen molar-refractivity contribution in [1.29, 1.82) is 0 Å². The highest BCUT2D eigenvalue weighted by atomic mass is 31.2. The van der Waals surface area contributed by atoms with Crippen LogP contribution in [0.5, 0.6) is 0 Å². The number of hydrogen-bond acceptors (Lipinski definition) is 6. The summed E-state index contributed by atoms with van der Waals surface area (Å²) in [6.45, 7) is 3.67. The van der Waals surface area contributed by atoms with Crippen molar-refractivity contribution < 1.29 is 37.9 Å². The third-order valence-corrected chi connectivity index (χ3v) is 8.11. The van der Waals surface area contributed by atoms with E-state index in [9.17, 15) is 14.2 Å². The molecule has 0 bridgehead atoms. The molecule has 0 radical (unpaired) electrons. The zero-order valence-corrected chi connectivity index (χ0v) is 28.1. The Labute approximate surface area is 257 Å². The van der Waals surface area contributed by atoms with Crippen molar-refractivity contribution in [1.82, 2.24) is 0 Å². The molecule has 0 fully saturated rings. The van der Waals surface area contributed by atoms with Gasteiger partial charge in [-0.25, -0.2) is 4.57 Å². The number of ether oxygens (including phenoxy) is 2. The lowest BCUT2D eigenvalue weighted by Gasteiger charge is -2.18. The Bertz CT molecular complexity index is 666. The van der Waals surface area contributed by atoms with Crippen molar-refractivity contribution >= 4 is 19.8 Å². The Morgan fingerprint density at radius 3 is 1.21 bits per heavy atom. The van der Waals surface area contributed by atoms with Crippen molar-refractivity contribution in [2.24, 2.45) is 0 Å². The van der Waals surface area contributed by atoms with E-state index in [1.807, 2.05) is 0 Å². The second-order valence-electron chi connectivity index (χ2n) is 11.9. The van der Waals surface area contributed by atoms with Crippen LogP contribution in [0.2, 0.25) is 0 Å². The van der Waals surface area contributed by atoms with Crippen LogP contribution in [0.4, 0.5) is 0 Å². The molecule has 0 saturated heterocycles. The molecule has 2 N–H and O–H groups in total. The smallest absolute Gasteiger partial charge is 0.462 e. The van der Waals surface area contributed by atoms with E-state index in [2.05, 4.69) is 18.4 Å². The van der Waals surface area contributed by atoms with Crippen LogP contribution >= 0.6 is 7.82 Å². The van der Waals surface area contributed by atoms with Gasteiger partial charge in [0.25, 0.3) is 0 Å². The van der Waals surface area contributed by atoms with Crippen LogP contribution in [0, 0.1) is 0 Å². The fourth-order valence-electron chi connectivity index (χ4n) is 5.02. The number of carbonyl (C=O) groups is 2. The first kappa shape index (κ1) is 41.0. The summed E-state index contributed by atoms with van der Waals surface area (Å²) in [6.07, 6.45) is 28.2. The van der Waals surface area contributed by atoms with Gasteiger partial charge in [0.1, 0.15) is 6.61 Å². The van der Waals surface area contributed by atoms with E-state index in [0.717, 1.165) is 38.5 Å². The minimum atomic E-state index is -4.73. The van der Waals surface area contributed by atoms with E-state index in [1.54, 1.807) is 0 Å². The average Bonchev–Trinajstić information content (AvgIpc) is 2.95. The summed E-state index contributed by atoms with van der Waals surface area (Å²) in [5.41, 5.74) is 0. The van der Waals surface area contributed by atoms with Crippen molar-refractivity contribution in [2.45, 2.75) is 187 Å². The summed E-state index contributed by atoms with van der Waals surface area (Å²) in [6, 6.07) is 0. The van der Waals surface area contributed by atoms with Gasteiger partial charge in [-0.05, 0) is 12.8 Å². The van der Waals surface area contributed by atoms with Crippen LogP contribution in [0.1, 0.15) is 181 Å². The van der Waals surface area contributed by atoms with Gasteiger partial charge in [0, 0.05) is 12.8 Å². The molecule has 1 atom stereocenters. The third kappa shape index (κ3) is 32.0. The Kier molecular flexibility index (Phi) is 29.4.